The molecule has 0 saturated carbocycles. The molecule has 1 aromatic heterocycles. The Labute approximate surface area is 147 Å². The van der Waals surface area contributed by atoms with E-state index in [1.54, 1.807) is 0 Å². The van der Waals surface area contributed by atoms with Gasteiger partial charge in [-0.15, -0.1) is 11.3 Å². The molecule has 5 heteroatoms. The molecule has 0 aliphatic rings. The summed E-state index contributed by atoms with van der Waals surface area (Å²) in [5, 5.41) is 0.809. The van der Waals surface area contributed by atoms with Crippen molar-refractivity contribution in [2.45, 2.75) is 27.7 Å². The summed E-state index contributed by atoms with van der Waals surface area (Å²) in [6.07, 6.45) is 1.83. The molecule has 24 heavy (non-hydrogen) atoms. The molecular weight excluding hydrogens is 320 g/mol. The predicted octanol–water partition coefficient (Wildman–Crippen LogP) is 4.83. The van der Waals surface area contributed by atoms with E-state index in [4.69, 9.17) is 4.74 Å². The Hall–Kier alpha value is -2.14. The van der Waals surface area contributed by atoms with Crippen molar-refractivity contribution in [1.29, 1.82) is 0 Å². The van der Waals surface area contributed by atoms with Gasteiger partial charge >= 0.3 is 5.97 Å². The molecule has 128 valence electrons. The highest BCUT2D eigenvalue weighted by Gasteiger charge is 2.14. The number of hydrogen-bond acceptors (Lipinski definition) is 5. The first-order valence-corrected chi connectivity index (χ1v) is 9.07. The van der Waals surface area contributed by atoms with E-state index in [2.05, 4.69) is 48.0 Å². The van der Waals surface area contributed by atoms with E-state index in [-0.39, 0.29) is 5.97 Å². The molecule has 2 aromatic rings. The number of nitrogens with zero attached hydrogens (tertiary/aromatic N) is 2. The van der Waals surface area contributed by atoms with E-state index < -0.39 is 0 Å². The molecular formula is C19H24N2O2S. The second kappa shape index (κ2) is 8.64. The highest BCUT2D eigenvalue weighted by molar-refractivity contribution is 7.17. The summed E-state index contributed by atoms with van der Waals surface area (Å²) in [7, 11) is 0. The number of esters is 1. The molecule has 0 amide bonds. The van der Waals surface area contributed by atoms with Gasteiger partial charge < -0.3 is 9.64 Å². The average Bonchev–Trinajstić information content (AvgIpc) is 2.96. The molecule has 1 aromatic carbocycles. The number of carbonyl (C=O) groups is 1. The van der Waals surface area contributed by atoms with Crippen molar-refractivity contribution in [2.75, 3.05) is 24.6 Å². The second-order valence-corrected chi connectivity index (χ2v) is 6.37. The van der Waals surface area contributed by atoms with E-state index in [1.807, 2.05) is 26.1 Å². The maximum absolute atomic E-state index is 11.8. The predicted molar refractivity (Wildman–Crippen MR) is 102 cm³/mol. The Morgan fingerprint density at radius 3 is 2.46 bits per heavy atom. The van der Waals surface area contributed by atoms with Crippen molar-refractivity contribution in [2.24, 2.45) is 4.99 Å². The fourth-order valence-corrected chi connectivity index (χ4v) is 3.34. The van der Waals surface area contributed by atoms with Crippen LogP contribution in [0.4, 0.5) is 10.7 Å². The van der Waals surface area contributed by atoms with Crippen molar-refractivity contribution in [1.82, 2.24) is 0 Å². The Bertz CT molecular complexity index is 701. The molecule has 0 atom stereocenters. The standard InChI is InChI=1S/C19H24N2O2S/c1-5-21(6-2)16-10-8-15(9-11-16)13-20-17-12-14(4)18(24-17)19(22)23-7-3/h8-13H,5-7H2,1-4H3. The lowest BCUT2D eigenvalue weighted by Crippen LogP contribution is -2.21. The molecule has 0 N–H and O–H groups in total. The first kappa shape index (κ1) is 18.2. The van der Waals surface area contributed by atoms with Gasteiger partial charge in [-0.3, -0.25) is 0 Å². The molecule has 0 aliphatic carbocycles. The van der Waals surface area contributed by atoms with Gasteiger partial charge in [-0.1, -0.05) is 12.1 Å². The van der Waals surface area contributed by atoms with Crippen molar-refractivity contribution >= 4 is 34.2 Å². The van der Waals surface area contributed by atoms with Crippen LogP contribution >= 0.6 is 11.3 Å². The zero-order valence-electron chi connectivity index (χ0n) is 14.7. The SMILES string of the molecule is CCOC(=O)c1sc(N=Cc2ccc(N(CC)CC)cc2)cc1C. The van der Waals surface area contributed by atoms with Crippen LogP contribution in [0.25, 0.3) is 0 Å². The molecule has 1 heterocycles. The fraction of sp³-hybridized carbons (Fsp3) is 0.368. The van der Waals surface area contributed by atoms with Gasteiger partial charge in [0.2, 0.25) is 0 Å². The average molecular weight is 344 g/mol. The highest BCUT2D eigenvalue weighted by Crippen LogP contribution is 2.29. The molecule has 0 aliphatic heterocycles. The molecule has 0 saturated heterocycles. The van der Waals surface area contributed by atoms with Gasteiger partial charge in [-0.05, 0) is 57.0 Å². The summed E-state index contributed by atoms with van der Waals surface area (Å²) in [5.74, 6) is -0.273. The number of carbonyl (C=O) groups excluding carboxylic acids is 1. The minimum absolute atomic E-state index is 0.273. The smallest absolute Gasteiger partial charge is 0.348 e. The third-order valence-corrected chi connectivity index (χ3v) is 4.85. The van der Waals surface area contributed by atoms with E-state index in [9.17, 15) is 4.79 Å². The van der Waals surface area contributed by atoms with Crippen LogP contribution in [0.3, 0.4) is 0 Å². The number of benzene rings is 1. The summed E-state index contributed by atoms with van der Waals surface area (Å²) < 4.78 is 5.06. The van der Waals surface area contributed by atoms with Gasteiger partial charge in [-0.2, -0.15) is 0 Å². The number of aryl methyl sites for hydroxylation is 1. The number of rotatable bonds is 7. The molecule has 4 nitrogen and oxygen atoms in total. The molecule has 0 bridgehead atoms. The van der Waals surface area contributed by atoms with E-state index >= 15 is 0 Å². The largest absolute Gasteiger partial charge is 0.462 e. The quantitative estimate of drug-likeness (QED) is 0.533. The number of aliphatic imine (C=N–C) groups is 1. The normalized spacial score (nSPS) is 11.0. The van der Waals surface area contributed by atoms with Crippen LogP contribution in [0.5, 0.6) is 0 Å². The Morgan fingerprint density at radius 2 is 1.88 bits per heavy atom. The van der Waals surface area contributed by atoms with Crippen LogP contribution in [0.2, 0.25) is 0 Å². The molecule has 0 radical (unpaired) electrons. The summed E-state index contributed by atoms with van der Waals surface area (Å²) in [5.41, 5.74) is 3.16. The monoisotopic (exact) mass is 344 g/mol. The Morgan fingerprint density at radius 1 is 1.21 bits per heavy atom. The summed E-state index contributed by atoms with van der Waals surface area (Å²) in [6.45, 7) is 10.4. The van der Waals surface area contributed by atoms with Crippen LogP contribution in [0.1, 0.15) is 41.6 Å². The van der Waals surface area contributed by atoms with Gasteiger partial charge in [0.25, 0.3) is 0 Å². The number of ether oxygens (including phenoxy) is 1. The molecule has 0 spiro atoms. The van der Waals surface area contributed by atoms with Crippen molar-refractivity contribution in [3.8, 4) is 0 Å². The number of thiophene rings is 1. The Kier molecular flexibility index (Phi) is 6.55. The molecule has 0 unspecified atom stereocenters. The minimum atomic E-state index is -0.273. The van der Waals surface area contributed by atoms with E-state index in [1.165, 1.54) is 17.0 Å². The van der Waals surface area contributed by atoms with Gasteiger partial charge in [-0.25, -0.2) is 9.79 Å². The zero-order chi connectivity index (χ0) is 17.5. The third-order valence-electron chi connectivity index (χ3n) is 3.73. The summed E-state index contributed by atoms with van der Waals surface area (Å²) in [6, 6.07) is 10.3. The van der Waals surface area contributed by atoms with Gasteiger partial charge in [0.1, 0.15) is 9.88 Å². The number of hydrogen-bond donors (Lipinski definition) is 0. The van der Waals surface area contributed by atoms with Crippen molar-refractivity contribution < 1.29 is 9.53 Å². The van der Waals surface area contributed by atoms with Crippen LogP contribution in [0, 0.1) is 6.92 Å². The van der Waals surface area contributed by atoms with Crippen LogP contribution in [-0.4, -0.2) is 31.9 Å². The van der Waals surface area contributed by atoms with E-state index in [0.717, 1.165) is 29.2 Å². The highest BCUT2D eigenvalue weighted by atomic mass is 32.1. The first-order valence-electron chi connectivity index (χ1n) is 8.25. The topological polar surface area (TPSA) is 41.9 Å². The molecule has 0 fully saturated rings. The van der Waals surface area contributed by atoms with Gasteiger partial charge in [0.05, 0.1) is 6.61 Å². The van der Waals surface area contributed by atoms with Gasteiger partial charge in [0, 0.05) is 25.0 Å². The van der Waals surface area contributed by atoms with E-state index in [0.29, 0.717) is 11.5 Å². The van der Waals surface area contributed by atoms with Gasteiger partial charge in [0.15, 0.2) is 0 Å². The van der Waals surface area contributed by atoms with Crippen molar-refractivity contribution in [3.63, 3.8) is 0 Å². The second-order valence-electron chi connectivity index (χ2n) is 5.34. The fourth-order valence-electron chi connectivity index (χ4n) is 2.43. The van der Waals surface area contributed by atoms with Crippen LogP contribution in [-0.2, 0) is 4.74 Å². The lowest BCUT2D eigenvalue weighted by atomic mass is 10.2. The number of anilines is 1. The third kappa shape index (κ3) is 4.45. The van der Waals surface area contributed by atoms with Crippen LogP contribution in [0.15, 0.2) is 35.3 Å². The Balaban J connectivity index is 2.11. The summed E-state index contributed by atoms with van der Waals surface area (Å²) in [4.78, 5) is 19.3. The lowest BCUT2D eigenvalue weighted by molar-refractivity contribution is 0.0531. The summed E-state index contributed by atoms with van der Waals surface area (Å²) >= 11 is 1.36. The zero-order valence-corrected chi connectivity index (χ0v) is 15.5. The maximum atomic E-state index is 11.8. The van der Waals surface area contributed by atoms with Crippen LogP contribution < -0.4 is 4.90 Å². The molecule has 2 rings (SSSR count). The maximum Gasteiger partial charge on any atom is 0.348 e. The first-order chi connectivity index (χ1) is 11.6. The lowest BCUT2D eigenvalue weighted by Gasteiger charge is -2.20. The van der Waals surface area contributed by atoms with Crippen molar-refractivity contribution in [3.05, 3.63) is 46.3 Å². The minimum Gasteiger partial charge on any atom is -0.462 e.